The lowest BCUT2D eigenvalue weighted by Gasteiger charge is -2.07. The van der Waals surface area contributed by atoms with E-state index >= 15 is 0 Å². The van der Waals surface area contributed by atoms with Gasteiger partial charge < -0.3 is 9.88 Å². The van der Waals surface area contributed by atoms with E-state index in [4.69, 9.17) is 0 Å². The Balaban J connectivity index is 1.55. The Morgan fingerprint density at radius 2 is 1.96 bits per heavy atom. The number of pyridine rings is 1. The van der Waals surface area contributed by atoms with Gasteiger partial charge in [-0.05, 0) is 36.2 Å². The van der Waals surface area contributed by atoms with Gasteiger partial charge in [0.25, 0.3) is 11.5 Å². The molecule has 0 unspecified atom stereocenters. The van der Waals surface area contributed by atoms with Crippen LogP contribution in [0, 0.1) is 0 Å². The van der Waals surface area contributed by atoms with Gasteiger partial charge in [-0.25, -0.2) is 4.68 Å². The van der Waals surface area contributed by atoms with Gasteiger partial charge in [-0.3, -0.25) is 9.59 Å². The van der Waals surface area contributed by atoms with Crippen LogP contribution in [0.25, 0.3) is 5.69 Å². The maximum atomic E-state index is 12.0. The molecule has 6 heteroatoms. The molecule has 0 fully saturated rings. The number of carbonyl (C=O) groups is 1. The molecule has 2 aromatic heterocycles. The number of benzene rings is 1. The zero-order chi connectivity index (χ0) is 16.9. The van der Waals surface area contributed by atoms with E-state index in [0.717, 1.165) is 17.7 Å². The third-order valence-electron chi connectivity index (χ3n) is 3.77. The average molecular weight is 322 g/mol. The quantitative estimate of drug-likeness (QED) is 0.775. The minimum Gasteiger partial charge on any atom is -0.352 e. The van der Waals surface area contributed by atoms with Crippen molar-refractivity contribution in [3.8, 4) is 5.69 Å². The number of amides is 1. The first-order chi connectivity index (χ1) is 11.6. The number of carbonyl (C=O) groups excluding carboxylic acids is 1. The molecule has 0 atom stereocenters. The van der Waals surface area contributed by atoms with Gasteiger partial charge in [0.15, 0.2) is 0 Å². The highest BCUT2D eigenvalue weighted by Crippen LogP contribution is 2.08. The monoisotopic (exact) mass is 322 g/mol. The second kappa shape index (κ2) is 6.95. The number of hydrogen-bond acceptors (Lipinski definition) is 3. The topological polar surface area (TPSA) is 68.9 Å². The average Bonchev–Trinajstić information content (AvgIpc) is 3.12. The first-order valence-corrected chi connectivity index (χ1v) is 7.67. The molecule has 0 saturated heterocycles. The highest BCUT2D eigenvalue weighted by atomic mass is 16.2. The molecule has 3 aromatic rings. The van der Waals surface area contributed by atoms with Gasteiger partial charge in [0.1, 0.15) is 0 Å². The summed E-state index contributed by atoms with van der Waals surface area (Å²) in [4.78, 5) is 23.6. The van der Waals surface area contributed by atoms with Gasteiger partial charge in [0, 0.05) is 43.8 Å². The Kier molecular flexibility index (Phi) is 4.56. The Labute approximate surface area is 139 Å². The number of nitrogens with zero attached hydrogens (tertiary/aromatic N) is 3. The van der Waals surface area contributed by atoms with Crippen molar-refractivity contribution in [2.45, 2.75) is 6.42 Å². The van der Waals surface area contributed by atoms with Crippen LogP contribution in [0.5, 0.6) is 0 Å². The van der Waals surface area contributed by atoms with E-state index in [0.29, 0.717) is 12.1 Å². The lowest BCUT2D eigenvalue weighted by Crippen LogP contribution is -2.27. The molecule has 1 aromatic carbocycles. The fourth-order valence-electron chi connectivity index (χ4n) is 2.35. The van der Waals surface area contributed by atoms with Crippen LogP contribution in [-0.4, -0.2) is 26.8 Å². The number of aryl methyl sites for hydroxylation is 1. The normalized spacial score (nSPS) is 10.5. The fourth-order valence-corrected chi connectivity index (χ4v) is 2.35. The Morgan fingerprint density at radius 3 is 2.62 bits per heavy atom. The van der Waals surface area contributed by atoms with Crippen molar-refractivity contribution < 1.29 is 4.79 Å². The van der Waals surface area contributed by atoms with Crippen molar-refractivity contribution in [3.63, 3.8) is 0 Å². The highest BCUT2D eigenvalue weighted by Gasteiger charge is 2.06. The molecule has 1 amide bonds. The van der Waals surface area contributed by atoms with Gasteiger partial charge in [0.2, 0.25) is 0 Å². The van der Waals surface area contributed by atoms with Crippen molar-refractivity contribution in [2.75, 3.05) is 6.54 Å². The van der Waals surface area contributed by atoms with Crippen molar-refractivity contribution in [3.05, 3.63) is 82.5 Å². The van der Waals surface area contributed by atoms with Crippen molar-refractivity contribution >= 4 is 5.91 Å². The summed E-state index contributed by atoms with van der Waals surface area (Å²) in [5, 5.41) is 7.01. The Hall–Kier alpha value is -3.15. The van der Waals surface area contributed by atoms with Crippen molar-refractivity contribution in [1.82, 2.24) is 19.7 Å². The third-order valence-corrected chi connectivity index (χ3v) is 3.77. The molecule has 122 valence electrons. The molecule has 0 saturated carbocycles. The highest BCUT2D eigenvalue weighted by molar-refractivity contribution is 5.93. The molecule has 0 aliphatic rings. The Morgan fingerprint density at radius 1 is 1.17 bits per heavy atom. The predicted molar refractivity (Wildman–Crippen MR) is 91.3 cm³/mol. The lowest BCUT2D eigenvalue weighted by atomic mass is 10.1. The molecular weight excluding hydrogens is 304 g/mol. The summed E-state index contributed by atoms with van der Waals surface area (Å²) in [6.07, 6.45) is 5.93. The largest absolute Gasteiger partial charge is 0.352 e. The maximum Gasteiger partial charge on any atom is 0.251 e. The second-order valence-corrected chi connectivity index (χ2v) is 5.49. The van der Waals surface area contributed by atoms with E-state index in [1.807, 2.05) is 36.5 Å². The molecule has 2 heterocycles. The van der Waals surface area contributed by atoms with Crippen molar-refractivity contribution in [1.29, 1.82) is 0 Å². The van der Waals surface area contributed by atoms with Crippen LogP contribution >= 0.6 is 0 Å². The van der Waals surface area contributed by atoms with Gasteiger partial charge in [-0.1, -0.05) is 12.1 Å². The maximum absolute atomic E-state index is 12.0. The number of rotatable bonds is 5. The smallest absolute Gasteiger partial charge is 0.251 e. The molecule has 0 aliphatic heterocycles. The first kappa shape index (κ1) is 15.7. The number of hydrogen-bond donors (Lipinski definition) is 1. The van der Waals surface area contributed by atoms with Crippen LogP contribution < -0.4 is 10.9 Å². The van der Waals surface area contributed by atoms with Crippen LogP contribution in [0.3, 0.4) is 0 Å². The molecule has 6 nitrogen and oxygen atoms in total. The SMILES string of the molecule is Cn1ccc(C(=O)NCCc2ccc(-n3cccn3)cc2)cc1=O. The number of aromatic nitrogens is 3. The summed E-state index contributed by atoms with van der Waals surface area (Å²) in [5.41, 5.74) is 2.30. The minimum atomic E-state index is -0.235. The van der Waals surface area contributed by atoms with Crippen LogP contribution in [-0.2, 0) is 13.5 Å². The molecule has 3 rings (SSSR count). The van der Waals surface area contributed by atoms with E-state index in [9.17, 15) is 9.59 Å². The zero-order valence-electron chi connectivity index (χ0n) is 13.3. The molecule has 0 aliphatic carbocycles. The summed E-state index contributed by atoms with van der Waals surface area (Å²) in [7, 11) is 1.65. The van der Waals surface area contributed by atoms with Gasteiger partial charge in [0.05, 0.1) is 5.69 Å². The number of nitrogens with one attached hydrogen (secondary N) is 1. The van der Waals surface area contributed by atoms with Gasteiger partial charge in [-0.2, -0.15) is 5.10 Å². The van der Waals surface area contributed by atoms with E-state index in [1.165, 1.54) is 10.6 Å². The molecular formula is C18H18N4O2. The summed E-state index contributed by atoms with van der Waals surface area (Å²) in [5.74, 6) is -0.235. The van der Waals surface area contributed by atoms with Crippen LogP contribution in [0.1, 0.15) is 15.9 Å². The standard InChI is InChI=1S/C18H18N4O2/c1-21-12-8-15(13-17(21)23)18(24)19-10-7-14-3-5-16(6-4-14)22-11-2-9-20-22/h2-6,8-9,11-13H,7,10H2,1H3,(H,19,24). The molecule has 24 heavy (non-hydrogen) atoms. The Bertz CT molecular complexity index is 880. The van der Waals surface area contributed by atoms with Crippen LogP contribution in [0.2, 0.25) is 0 Å². The third kappa shape index (κ3) is 3.60. The summed E-state index contributed by atoms with van der Waals surface area (Å²) in [6.45, 7) is 0.509. The summed E-state index contributed by atoms with van der Waals surface area (Å²) < 4.78 is 3.22. The fraction of sp³-hybridized carbons (Fsp3) is 0.167. The van der Waals surface area contributed by atoms with E-state index in [2.05, 4.69) is 10.4 Å². The summed E-state index contributed by atoms with van der Waals surface area (Å²) in [6, 6.07) is 12.9. The summed E-state index contributed by atoms with van der Waals surface area (Å²) >= 11 is 0. The van der Waals surface area contributed by atoms with Crippen LogP contribution in [0.15, 0.2) is 65.8 Å². The van der Waals surface area contributed by atoms with Crippen LogP contribution in [0.4, 0.5) is 0 Å². The predicted octanol–water partition coefficient (Wildman–Crippen LogP) is 1.54. The second-order valence-electron chi connectivity index (χ2n) is 5.49. The molecule has 1 N–H and O–H groups in total. The van der Waals surface area contributed by atoms with Crippen molar-refractivity contribution in [2.24, 2.45) is 7.05 Å². The lowest BCUT2D eigenvalue weighted by molar-refractivity contribution is 0.0954. The minimum absolute atomic E-state index is 0.197. The molecule has 0 spiro atoms. The van der Waals surface area contributed by atoms with E-state index < -0.39 is 0 Å². The van der Waals surface area contributed by atoms with E-state index in [1.54, 1.807) is 30.2 Å². The van der Waals surface area contributed by atoms with Gasteiger partial charge >= 0.3 is 0 Å². The molecule has 0 radical (unpaired) electrons. The first-order valence-electron chi connectivity index (χ1n) is 7.67. The molecule has 0 bridgehead atoms. The van der Waals surface area contributed by atoms with E-state index in [-0.39, 0.29) is 11.5 Å². The van der Waals surface area contributed by atoms with Gasteiger partial charge in [-0.15, -0.1) is 0 Å². The zero-order valence-corrected chi connectivity index (χ0v) is 13.3.